The maximum Gasteiger partial charge on any atom is 0.387 e. The van der Waals surface area contributed by atoms with E-state index in [-0.39, 0.29) is 42.6 Å². The highest BCUT2D eigenvalue weighted by molar-refractivity contribution is 5.98. The molecule has 2 N–H and O–H groups in total. The van der Waals surface area contributed by atoms with Crippen molar-refractivity contribution in [1.82, 2.24) is 10.3 Å². The van der Waals surface area contributed by atoms with E-state index in [1.165, 1.54) is 29.3 Å². The molecule has 2 aromatic carbocycles. The van der Waals surface area contributed by atoms with Crippen molar-refractivity contribution in [3.05, 3.63) is 82.3 Å². The van der Waals surface area contributed by atoms with Gasteiger partial charge in [-0.25, -0.2) is 18.2 Å². The van der Waals surface area contributed by atoms with Gasteiger partial charge in [-0.15, -0.1) is 0 Å². The lowest BCUT2D eigenvalue weighted by Crippen LogP contribution is -2.70. The number of aromatic nitrogens is 1. The Kier molecular flexibility index (Phi) is 5.92. The zero-order valence-electron chi connectivity index (χ0n) is 22.4. The summed E-state index contributed by atoms with van der Waals surface area (Å²) in [6.45, 7) is -2.88. The minimum Gasteiger partial charge on any atom is -0.434 e. The predicted molar refractivity (Wildman–Crippen MR) is 144 cm³/mol. The van der Waals surface area contributed by atoms with Gasteiger partial charge < -0.3 is 20.1 Å². The molecule has 2 aliphatic heterocycles. The molecule has 7 rings (SSSR count). The molecule has 0 radical (unpaired) electrons. The zero-order chi connectivity index (χ0) is 29.6. The van der Waals surface area contributed by atoms with Crippen molar-refractivity contribution in [2.45, 2.75) is 49.9 Å². The van der Waals surface area contributed by atoms with Crippen LogP contribution in [-0.2, 0) is 6.42 Å². The van der Waals surface area contributed by atoms with Crippen LogP contribution in [-0.4, -0.2) is 53.3 Å². The Labute approximate surface area is 237 Å². The SMILES string of the molecule is CC(F)(F)C1(O)CN(c2ccc(-c3cc4c(cc3F)CC3C(=C4)[C@H]4CC3NC(=O)c3cccc(OC(F)F)c34)cn2)C1. The number of amides is 1. The Balaban J connectivity index is 1.21. The quantitative estimate of drug-likeness (QED) is 0.386. The minimum absolute atomic E-state index is 0.0232. The molecule has 218 valence electrons. The average molecular weight is 584 g/mol. The third-order valence-corrected chi connectivity index (χ3v) is 9.09. The Morgan fingerprint density at radius 1 is 1.17 bits per heavy atom. The molecule has 3 aromatic rings. The van der Waals surface area contributed by atoms with Gasteiger partial charge in [-0.3, -0.25) is 4.79 Å². The van der Waals surface area contributed by atoms with E-state index in [0.29, 0.717) is 47.8 Å². The normalized spacial score (nSPS) is 23.7. The molecule has 2 aliphatic carbocycles. The number of ether oxygens (including phenoxy) is 1. The fourth-order valence-corrected chi connectivity index (χ4v) is 6.84. The summed E-state index contributed by atoms with van der Waals surface area (Å²) < 4.78 is 74.0. The molecule has 11 heteroatoms. The van der Waals surface area contributed by atoms with Crippen LogP contribution < -0.4 is 15.0 Å². The van der Waals surface area contributed by atoms with Crippen molar-refractivity contribution >= 4 is 17.8 Å². The number of carbonyl (C=O) groups is 1. The first-order valence-electron chi connectivity index (χ1n) is 13.7. The van der Waals surface area contributed by atoms with E-state index in [4.69, 9.17) is 4.74 Å². The van der Waals surface area contributed by atoms with Gasteiger partial charge in [0.15, 0.2) is 5.60 Å². The van der Waals surface area contributed by atoms with Gasteiger partial charge in [0.25, 0.3) is 11.8 Å². The smallest absolute Gasteiger partial charge is 0.387 e. The Hall–Kier alpha value is -3.99. The number of alkyl halides is 4. The Bertz CT molecular complexity index is 1630. The fourth-order valence-electron chi connectivity index (χ4n) is 6.84. The van der Waals surface area contributed by atoms with Gasteiger partial charge in [-0.1, -0.05) is 17.7 Å². The summed E-state index contributed by atoms with van der Waals surface area (Å²) in [7, 11) is 0. The summed E-state index contributed by atoms with van der Waals surface area (Å²) in [5.41, 5.74) is 1.95. The number of carbonyl (C=O) groups excluding carboxylic acids is 1. The summed E-state index contributed by atoms with van der Waals surface area (Å²) in [6.07, 6.45) is 4.42. The number of nitrogens with one attached hydrogen (secondary N) is 1. The number of hydrogen-bond donors (Lipinski definition) is 2. The van der Waals surface area contributed by atoms with Gasteiger partial charge in [0.05, 0.1) is 13.1 Å². The van der Waals surface area contributed by atoms with Crippen molar-refractivity contribution in [2.24, 2.45) is 5.92 Å². The Morgan fingerprint density at radius 2 is 1.95 bits per heavy atom. The average Bonchev–Trinajstić information content (AvgIpc) is 3.16. The van der Waals surface area contributed by atoms with Crippen LogP contribution in [0.1, 0.15) is 46.3 Å². The molecule has 2 fully saturated rings. The van der Waals surface area contributed by atoms with Gasteiger partial charge in [0.2, 0.25) is 0 Å². The molecule has 1 amide bonds. The number of rotatable bonds is 5. The number of pyridine rings is 1. The molecule has 42 heavy (non-hydrogen) atoms. The first-order valence-corrected chi connectivity index (χ1v) is 13.7. The van der Waals surface area contributed by atoms with Crippen molar-refractivity contribution in [1.29, 1.82) is 0 Å². The number of benzene rings is 2. The van der Waals surface area contributed by atoms with Crippen molar-refractivity contribution in [2.75, 3.05) is 18.0 Å². The lowest BCUT2D eigenvalue weighted by atomic mass is 9.78. The van der Waals surface area contributed by atoms with Crippen LogP contribution >= 0.6 is 0 Å². The first kappa shape index (κ1) is 26.9. The first-order chi connectivity index (χ1) is 19.9. The van der Waals surface area contributed by atoms with Crippen LogP contribution in [0.5, 0.6) is 5.75 Å². The minimum atomic E-state index is -3.24. The third kappa shape index (κ3) is 4.16. The van der Waals surface area contributed by atoms with Crippen LogP contribution in [0.15, 0.2) is 54.2 Å². The molecule has 4 aliphatic rings. The molecule has 3 atom stereocenters. The number of aliphatic hydroxyl groups is 1. The largest absolute Gasteiger partial charge is 0.434 e. The molecule has 6 nitrogen and oxygen atoms in total. The zero-order valence-corrected chi connectivity index (χ0v) is 22.4. The number of anilines is 1. The monoisotopic (exact) mass is 583 g/mol. The predicted octanol–water partition coefficient (Wildman–Crippen LogP) is 5.55. The molecule has 2 bridgehead atoms. The standard InChI is InChI=1S/C31H26F5N3O3/c1-30(35,36)31(41)13-39(14-31)26-6-5-15(12-37-26)19-7-16-8-20-21(9-17(16)10-23(19)32)24-11-22(20)27-18(28(40)38-24)3-2-4-25(27)42-29(33)34/h2-8,10,12,21-22,24,29,41H,9,11,13-14H2,1H3,(H,38,40)/t21?,22-,24?/m1/s1. The van der Waals surface area contributed by atoms with Crippen molar-refractivity contribution in [3.8, 4) is 16.9 Å². The van der Waals surface area contributed by atoms with Crippen LogP contribution in [0.4, 0.5) is 27.8 Å². The second kappa shape index (κ2) is 9.26. The van der Waals surface area contributed by atoms with Gasteiger partial charge in [0, 0.05) is 53.3 Å². The van der Waals surface area contributed by atoms with Crippen LogP contribution in [0.2, 0.25) is 0 Å². The highest BCUT2D eigenvalue weighted by atomic mass is 19.3. The number of β-amino-alcohol motifs (C(OH)–C–C–N with tert-alkyl or cyclic N) is 1. The van der Waals surface area contributed by atoms with E-state index < -0.39 is 24.0 Å². The summed E-state index contributed by atoms with van der Waals surface area (Å²) >= 11 is 0. The van der Waals surface area contributed by atoms with E-state index in [0.717, 1.165) is 16.7 Å². The lowest BCUT2D eigenvalue weighted by Gasteiger charge is -2.49. The van der Waals surface area contributed by atoms with Crippen LogP contribution in [0.3, 0.4) is 0 Å². The van der Waals surface area contributed by atoms with Crippen LogP contribution in [0, 0.1) is 11.7 Å². The number of fused-ring (bicyclic) bond motifs is 8. The second-order valence-electron chi connectivity index (χ2n) is 11.6. The van der Waals surface area contributed by atoms with E-state index in [2.05, 4.69) is 10.3 Å². The number of hydrogen-bond acceptors (Lipinski definition) is 5. The maximum absolute atomic E-state index is 15.4. The van der Waals surface area contributed by atoms with Gasteiger partial charge in [-0.05, 0) is 60.4 Å². The lowest BCUT2D eigenvalue weighted by molar-refractivity contribution is -0.181. The summed E-state index contributed by atoms with van der Waals surface area (Å²) in [5.74, 6) is -4.10. The summed E-state index contributed by atoms with van der Waals surface area (Å²) in [6, 6.07) is 10.8. The molecule has 0 spiro atoms. The molecule has 1 saturated carbocycles. The highest BCUT2D eigenvalue weighted by Gasteiger charge is 2.57. The number of halogens is 5. The molecular formula is C31H26F5N3O3. The van der Waals surface area contributed by atoms with E-state index in [1.54, 1.807) is 24.3 Å². The highest BCUT2D eigenvalue weighted by Crippen LogP contribution is 2.53. The fraction of sp³-hybridized carbons (Fsp3) is 0.355. The molecular weight excluding hydrogens is 557 g/mol. The van der Waals surface area contributed by atoms with Crippen molar-refractivity contribution < 1.29 is 36.6 Å². The molecule has 1 aromatic heterocycles. The van der Waals surface area contributed by atoms with E-state index in [1.807, 2.05) is 6.08 Å². The number of nitrogens with zero attached hydrogens (tertiary/aromatic N) is 2. The Morgan fingerprint density at radius 3 is 2.64 bits per heavy atom. The van der Waals surface area contributed by atoms with Gasteiger partial charge in [0.1, 0.15) is 17.4 Å². The summed E-state index contributed by atoms with van der Waals surface area (Å²) in [5, 5.41) is 13.1. The van der Waals surface area contributed by atoms with Crippen molar-refractivity contribution in [3.63, 3.8) is 0 Å². The molecule has 3 heterocycles. The van der Waals surface area contributed by atoms with Gasteiger partial charge in [-0.2, -0.15) is 8.78 Å². The molecule has 1 saturated heterocycles. The third-order valence-electron chi connectivity index (χ3n) is 9.09. The van der Waals surface area contributed by atoms with Crippen LogP contribution in [0.25, 0.3) is 17.2 Å². The summed E-state index contributed by atoms with van der Waals surface area (Å²) in [4.78, 5) is 18.8. The maximum atomic E-state index is 15.4. The molecule has 2 unspecified atom stereocenters. The topological polar surface area (TPSA) is 74.7 Å². The second-order valence-corrected chi connectivity index (χ2v) is 11.6. The van der Waals surface area contributed by atoms with E-state index in [9.17, 15) is 27.5 Å². The van der Waals surface area contributed by atoms with Gasteiger partial charge >= 0.3 is 6.61 Å². The van der Waals surface area contributed by atoms with E-state index >= 15 is 4.39 Å².